The lowest BCUT2D eigenvalue weighted by Crippen LogP contribution is -2.07. The lowest BCUT2D eigenvalue weighted by molar-refractivity contribution is 0.148. The van der Waals surface area contributed by atoms with E-state index in [2.05, 4.69) is 11.6 Å². The Morgan fingerprint density at radius 3 is 2.79 bits per heavy atom. The van der Waals surface area contributed by atoms with Crippen LogP contribution in [-0.4, -0.2) is 22.8 Å². The highest BCUT2D eigenvalue weighted by atomic mass is 35.5. The van der Waals surface area contributed by atoms with Gasteiger partial charge in [-0.2, -0.15) is 0 Å². The van der Waals surface area contributed by atoms with Crippen LogP contribution in [0.25, 0.3) is 11.0 Å². The van der Waals surface area contributed by atoms with Gasteiger partial charge in [-0.1, -0.05) is 35.4 Å². The Balaban J connectivity index is 2.23. The second-order valence-electron chi connectivity index (χ2n) is 4.37. The van der Waals surface area contributed by atoms with E-state index < -0.39 is 0 Å². The maximum absolute atomic E-state index is 6.04. The van der Waals surface area contributed by atoms with Crippen molar-refractivity contribution in [2.24, 2.45) is 0 Å². The molecule has 0 bridgehead atoms. The number of rotatable bonds is 5. The van der Waals surface area contributed by atoms with Crippen molar-refractivity contribution in [3.63, 3.8) is 0 Å². The Labute approximate surface area is 126 Å². The predicted molar refractivity (Wildman–Crippen MR) is 82.8 cm³/mol. The first-order chi connectivity index (χ1) is 8.99. The summed E-state index contributed by atoms with van der Waals surface area (Å²) in [4.78, 5) is 3.11. The van der Waals surface area contributed by atoms with Crippen LogP contribution in [0.2, 0.25) is 10.0 Å². The second-order valence-corrected chi connectivity index (χ2v) is 5.58. The van der Waals surface area contributed by atoms with E-state index in [0.717, 1.165) is 16.6 Å². The van der Waals surface area contributed by atoms with E-state index >= 15 is 0 Å². The normalized spacial score (nSPS) is 11.1. The van der Waals surface area contributed by atoms with Gasteiger partial charge in [0.2, 0.25) is 0 Å². The van der Waals surface area contributed by atoms with Crippen LogP contribution in [0.3, 0.4) is 0 Å². The van der Waals surface area contributed by atoms with Crippen molar-refractivity contribution in [1.82, 2.24) is 9.55 Å². The Morgan fingerprint density at radius 2 is 2.11 bits per heavy atom. The van der Waals surface area contributed by atoms with E-state index in [1.54, 1.807) is 6.07 Å². The van der Waals surface area contributed by atoms with Gasteiger partial charge in [0.1, 0.15) is 0 Å². The molecular weight excluding hydrogens is 303 g/mol. The Morgan fingerprint density at radius 1 is 1.42 bits per heavy atom. The summed E-state index contributed by atoms with van der Waals surface area (Å²) in [7, 11) is 0. The minimum Gasteiger partial charge on any atom is -0.375 e. The third kappa shape index (κ3) is 3.39. The van der Waals surface area contributed by atoms with Crippen LogP contribution in [-0.2, 0) is 11.3 Å². The van der Waals surface area contributed by atoms with Gasteiger partial charge in [-0.25, -0.2) is 0 Å². The van der Waals surface area contributed by atoms with E-state index in [1.807, 2.05) is 17.6 Å². The molecule has 1 N–H and O–H groups in total. The topological polar surface area (TPSA) is 29.9 Å². The first-order valence-corrected chi connectivity index (χ1v) is 6.95. The monoisotopic (exact) mass is 316 g/mol. The minimum absolute atomic E-state index is 0.510. The lowest BCUT2D eigenvalue weighted by Gasteiger charge is -2.06. The van der Waals surface area contributed by atoms with Crippen LogP contribution in [0.4, 0.5) is 0 Å². The molecule has 2 aromatic rings. The highest BCUT2D eigenvalue weighted by Crippen LogP contribution is 2.27. The number of hydrogen-bond acceptors (Lipinski definition) is 2. The number of fused-ring (bicyclic) bond motifs is 1. The summed E-state index contributed by atoms with van der Waals surface area (Å²) in [6.45, 7) is 7.50. The standard InChI is InChI=1S/C13H14Cl2N2OS/c1-8(2)7-18-4-3-17-12-6-10(15)9(14)5-11(12)16-13(17)19/h5-6H,1,3-4,7H2,2H3,(H,16,19). The molecular formula is C13H14Cl2N2OS. The van der Waals surface area contributed by atoms with Gasteiger partial charge in [-0.05, 0) is 31.3 Å². The van der Waals surface area contributed by atoms with Gasteiger partial charge < -0.3 is 14.3 Å². The number of aromatic amines is 1. The highest BCUT2D eigenvalue weighted by Gasteiger charge is 2.08. The summed E-state index contributed by atoms with van der Waals surface area (Å²) >= 11 is 17.3. The summed E-state index contributed by atoms with van der Waals surface area (Å²) in [6, 6.07) is 3.59. The fraction of sp³-hybridized carbons (Fsp3) is 0.308. The molecule has 0 spiro atoms. The largest absolute Gasteiger partial charge is 0.375 e. The molecule has 2 rings (SSSR count). The van der Waals surface area contributed by atoms with Gasteiger partial charge in [0.05, 0.1) is 34.3 Å². The number of hydrogen-bond donors (Lipinski definition) is 1. The van der Waals surface area contributed by atoms with Crippen molar-refractivity contribution >= 4 is 46.5 Å². The first kappa shape index (κ1) is 14.6. The summed E-state index contributed by atoms with van der Waals surface area (Å²) in [5.74, 6) is 0. The average Bonchev–Trinajstić information content (AvgIpc) is 2.61. The van der Waals surface area contributed by atoms with E-state index in [4.69, 9.17) is 40.2 Å². The molecule has 3 nitrogen and oxygen atoms in total. The highest BCUT2D eigenvalue weighted by molar-refractivity contribution is 7.71. The van der Waals surface area contributed by atoms with Crippen molar-refractivity contribution in [3.8, 4) is 0 Å². The molecule has 1 aromatic heterocycles. The molecule has 0 unspecified atom stereocenters. The van der Waals surface area contributed by atoms with E-state index in [0.29, 0.717) is 34.6 Å². The van der Waals surface area contributed by atoms with Gasteiger partial charge in [0.15, 0.2) is 4.77 Å². The molecule has 0 aliphatic carbocycles. The molecule has 1 aromatic carbocycles. The second kappa shape index (κ2) is 6.09. The van der Waals surface area contributed by atoms with E-state index in [9.17, 15) is 0 Å². The number of imidazole rings is 1. The molecule has 6 heteroatoms. The van der Waals surface area contributed by atoms with Crippen molar-refractivity contribution in [2.45, 2.75) is 13.5 Å². The third-order valence-electron chi connectivity index (χ3n) is 2.62. The molecule has 1 heterocycles. The van der Waals surface area contributed by atoms with Crippen LogP contribution in [0.1, 0.15) is 6.92 Å². The van der Waals surface area contributed by atoms with Crippen molar-refractivity contribution in [2.75, 3.05) is 13.2 Å². The summed E-state index contributed by atoms with van der Waals surface area (Å²) < 4.78 is 8.07. The van der Waals surface area contributed by atoms with E-state index in [-0.39, 0.29) is 0 Å². The first-order valence-electron chi connectivity index (χ1n) is 5.78. The number of aromatic nitrogens is 2. The molecule has 0 aliphatic heterocycles. The van der Waals surface area contributed by atoms with Crippen molar-refractivity contribution in [1.29, 1.82) is 0 Å². The zero-order valence-electron chi connectivity index (χ0n) is 10.5. The van der Waals surface area contributed by atoms with Gasteiger partial charge in [0, 0.05) is 6.54 Å². The maximum atomic E-state index is 6.04. The Kier molecular flexibility index (Phi) is 4.68. The minimum atomic E-state index is 0.510. The number of halogens is 2. The van der Waals surface area contributed by atoms with Crippen LogP contribution in [0, 0.1) is 4.77 Å². The quantitative estimate of drug-likeness (QED) is 0.496. The predicted octanol–water partition coefficient (Wildman–Crippen LogP) is 4.60. The van der Waals surface area contributed by atoms with Gasteiger partial charge in [0.25, 0.3) is 0 Å². The van der Waals surface area contributed by atoms with Crippen molar-refractivity contribution < 1.29 is 4.74 Å². The smallest absolute Gasteiger partial charge is 0.178 e. The van der Waals surface area contributed by atoms with Gasteiger partial charge in [-0.3, -0.25) is 0 Å². The molecule has 0 saturated carbocycles. The summed E-state index contributed by atoms with van der Waals surface area (Å²) in [6.07, 6.45) is 0. The summed E-state index contributed by atoms with van der Waals surface area (Å²) in [5.41, 5.74) is 2.80. The van der Waals surface area contributed by atoms with Crippen molar-refractivity contribution in [3.05, 3.63) is 39.1 Å². The Bertz CT molecular complexity index is 675. The zero-order chi connectivity index (χ0) is 14.0. The molecule has 0 radical (unpaired) electrons. The molecule has 19 heavy (non-hydrogen) atoms. The molecule has 0 amide bonds. The molecule has 0 aliphatic rings. The van der Waals surface area contributed by atoms with Crippen LogP contribution in [0.15, 0.2) is 24.3 Å². The number of benzene rings is 1. The number of H-pyrrole nitrogens is 1. The average molecular weight is 317 g/mol. The third-order valence-corrected chi connectivity index (χ3v) is 3.67. The molecule has 0 fully saturated rings. The fourth-order valence-electron chi connectivity index (χ4n) is 1.78. The fourth-order valence-corrected chi connectivity index (χ4v) is 2.40. The SMILES string of the molecule is C=C(C)COCCn1c(=S)[nH]c2cc(Cl)c(Cl)cc21. The van der Waals surface area contributed by atoms with Crippen LogP contribution in [0.5, 0.6) is 0 Å². The molecule has 0 saturated heterocycles. The maximum Gasteiger partial charge on any atom is 0.178 e. The number of ether oxygens (including phenoxy) is 1. The number of nitrogens with zero attached hydrogens (tertiary/aromatic N) is 1. The molecule has 0 atom stereocenters. The van der Waals surface area contributed by atoms with Crippen LogP contribution >= 0.6 is 35.4 Å². The summed E-state index contributed by atoms with van der Waals surface area (Å²) in [5, 5.41) is 1.02. The van der Waals surface area contributed by atoms with Crippen LogP contribution < -0.4 is 0 Å². The van der Waals surface area contributed by atoms with Gasteiger partial charge >= 0.3 is 0 Å². The Hall–Kier alpha value is -0.810. The van der Waals surface area contributed by atoms with E-state index in [1.165, 1.54) is 0 Å². The van der Waals surface area contributed by atoms with Gasteiger partial charge in [-0.15, -0.1) is 0 Å². The molecule has 102 valence electrons. The number of nitrogens with one attached hydrogen (secondary N) is 1. The zero-order valence-corrected chi connectivity index (χ0v) is 12.8. The lowest BCUT2D eigenvalue weighted by atomic mass is 10.3.